The van der Waals surface area contributed by atoms with Gasteiger partial charge in [-0.05, 0) is 17.7 Å². The van der Waals surface area contributed by atoms with Gasteiger partial charge in [0.05, 0.1) is 0 Å². The van der Waals surface area contributed by atoms with Crippen molar-refractivity contribution in [3.63, 3.8) is 0 Å². The maximum absolute atomic E-state index is 11.5. The molecule has 2 aliphatic heterocycles. The topological polar surface area (TPSA) is 55.8 Å². The lowest BCUT2D eigenvalue weighted by atomic mass is 10.2. The summed E-state index contributed by atoms with van der Waals surface area (Å²) in [6.45, 7) is 1.19. The predicted molar refractivity (Wildman–Crippen MR) is 57.6 cm³/mol. The minimum absolute atomic E-state index is 0.236. The van der Waals surface area contributed by atoms with Gasteiger partial charge in [-0.3, -0.25) is 9.59 Å². The van der Waals surface area contributed by atoms with Gasteiger partial charge in [0.25, 0.3) is 5.91 Å². The average Bonchev–Trinajstić information content (AvgIpc) is 2.90. The Labute approximate surface area is 97.9 Å². The number of carbonyl (C=O) groups is 2. The second kappa shape index (κ2) is 3.76. The summed E-state index contributed by atoms with van der Waals surface area (Å²) < 4.78 is 10.5. The van der Waals surface area contributed by atoms with Crippen molar-refractivity contribution in [1.82, 2.24) is 4.90 Å². The van der Waals surface area contributed by atoms with E-state index < -0.39 is 0 Å². The van der Waals surface area contributed by atoms with Crippen LogP contribution in [0.5, 0.6) is 11.5 Å². The number of benzene rings is 1. The molecule has 17 heavy (non-hydrogen) atoms. The molecule has 2 heterocycles. The summed E-state index contributed by atoms with van der Waals surface area (Å²) in [5.41, 5.74) is 0.942. The first-order chi connectivity index (χ1) is 8.24. The first-order valence-electron chi connectivity index (χ1n) is 5.45. The van der Waals surface area contributed by atoms with Gasteiger partial charge in [0.2, 0.25) is 12.6 Å². The Morgan fingerprint density at radius 3 is 2.76 bits per heavy atom. The maximum atomic E-state index is 11.5. The van der Waals surface area contributed by atoms with Crippen LogP contribution < -0.4 is 9.47 Å². The minimum Gasteiger partial charge on any atom is -0.454 e. The number of hydrogen-bond donors (Lipinski definition) is 0. The van der Waals surface area contributed by atoms with E-state index in [1.807, 2.05) is 18.2 Å². The molecule has 0 aliphatic carbocycles. The number of ketones is 1. The molecule has 1 aromatic rings. The fraction of sp³-hybridized carbons (Fsp3) is 0.333. The van der Waals surface area contributed by atoms with E-state index >= 15 is 0 Å². The number of carbonyl (C=O) groups excluding carboxylic acids is 2. The third-order valence-corrected chi connectivity index (χ3v) is 2.94. The highest BCUT2D eigenvalue weighted by molar-refractivity contribution is 6.37. The molecule has 3 rings (SSSR count). The number of amides is 1. The maximum Gasteiger partial charge on any atom is 0.290 e. The molecule has 0 bridgehead atoms. The van der Waals surface area contributed by atoms with E-state index in [2.05, 4.69) is 0 Å². The number of hydrogen-bond acceptors (Lipinski definition) is 4. The van der Waals surface area contributed by atoms with Crippen molar-refractivity contribution in [2.75, 3.05) is 13.3 Å². The Morgan fingerprint density at radius 2 is 2.00 bits per heavy atom. The van der Waals surface area contributed by atoms with E-state index in [0.717, 1.165) is 11.3 Å². The number of Topliss-reactive ketones (excluding diaryl/α,β-unsaturated/α-hetero) is 1. The lowest BCUT2D eigenvalue weighted by Gasteiger charge is -2.14. The van der Waals surface area contributed by atoms with Gasteiger partial charge >= 0.3 is 0 Å². The Morgan fingerprint density at radius 1 is 1.18 bits per heavy atom. The third-order valence-electron chi connectivity index (χ3n) is 2.94. The van der Waals surface area contributed by atoms with Gasteiger partial charge in [0.15, 0.2) is 11.5 Å². The van der Waals surface area contributed by atoms with Crippen molar-refractivity contribution in [3.05, 3.63) is 23.8 Å². The van der Waals surface area contributed by atoms with Crippen LogP contribution in [0.2, 0.25) is 0 Å². The molecule has 5 nitrogen and oxygen atoms in total. The molecule has 0 unspecified atom stereocenters. The molecule has 1 saturated heterocycles. The van der Waals surface area contributed by atoms with Crippen LogP contribution in [-0.4, -0.2) is 29.9 Å². The SMILES string of the molecule is O=C1CCN(Cc2ccc3c(c2)OCO3)C1=O. The zero-order valence-corrected chi connectivity index (χ0v) is 9.14. The third kappa shape index (κ3) is 1.73. The predicted octanol–water partition coefficient (Wildman–Crippen LogP) is 0.717. The van der Waals surface area contributed by atoms with Gasteiger partial charge < -0.3 is 14.4 Å². The Bertz CT molecular complexity index is 497. The van der Waals surface area contributed by atoms with Crippen LogP contribution in [0.1, 0.15) is 12.0 Å². The van der Waals surface area contributed by atoms with Gasteiger partial charge in [0, 0.05) is 19.5 Å². The minimum atomic E-state index is -0.386. The molecule has 0 saturated carbocycles. The number of ether oxygens (including phenoxy) is 2. The molecule has 2 aliphatic rings. The van der Waals surface area contributed by atoms with Crippen molar-refractivity contribution in [3.8, 4) is 11.5 Å². The molecule has 0 spiro atoms. The van der Waals surface area contributed by atoms with E-state index in [1.54, 1.807) is 4.90 Å². The van der Waals surface area contributed by atoms with E-state index in [1.165, 1.54) is 0 Å². The first kappa shape index (κ1) is 10.1. The molecule has 88 valence electrons. The highest BCUT2D eigenvalue weighted by Crippen LogP contribution is 2.32. The molecule has 0 N–H and O–H groups in total. The molecule has 0 atom stereocenters. The number of nitrogens with zero attached hydrogens (tertiary/aromatic N) is 1. The second-order valence-electron chi connectivity index (χ2n) is 4.09. The average molecular weight is 233 g/mol. The fourth-order valence-electron chi connectivity index (χ4n) is 2.03. The van der Waals surface area contributed by atoms with Crippen molar-refractivity contribution in [2.45, 2.75) is 13.0 Å². The summed E-state index contributed by atoms with van der Waals surface area (Å²) in [4.78, 5) is 24.1. The Balaban J connectivity index is 1.77. The Kier molecular flexibility index (Phi) is 2.24. The fourth-order valence-corrected chi connectivity index (χ4v) is 2.03. The van der Waals surface area contributed by atoms with Crippen LogP contribution in [0.3, 0.4) is 0 Å². The van der Waals surface area contributed by atoms with Crippen LogP contribution in [0.15, 0.2) is 18.2 Å². The lowest BCUT2D eigenvalue weighted by molar-refractivity contribution is -0.140. The molecule has 5 heteroatoms. The molecular formula is C12H11NO4. The zero-order chi connectivity index (χ0) is 11.8. The molecule has 1 amide bonds. The summed E-state index contributed by atoms with van der Waals surface area (Å²) in [7, 11) is 0. The standard InChI is InChI=1S/C12H11NO4/c14-9-3-4-13(12(9)15)6-8-1-2-10-11(5-8)17-7-16-10/h1-2,5H,3-4,6-7H2. The van der Waals surface area contributed by atoms with Gasteiger partial charge in [-0.2, -0.15) is 0 Å². The Hall–Kier alpha value is -2.04. The van der Waals surface area contributed by atoms with E-state index in [9.17, 15) is 9.59 Å². The van der Waals surface area contributed by atoms with Crippen LogP contribution in [-0.2, 0) is 16.1 Å². The highest BCUT2D eigenvalue weighted by Gasteiger charge is 2.29. The summed E-state index contributed by atoms with van der Waals surface area (Å²) in [6, 6.07) is 5.54. The zero-order valence-electron chi connectivity index (χ0n) is 9.14. The van der Waals surface area contributed by atoms with Crippen molar-refractivity contribution in [1.29, 1.82) is 0 Å². The quantitative estimate of drug-likeness (QED) is 0.706. The molecule has 0 radical (unpaired) electrons. The van der Waals surface area contributed by atoms with Crippen molar-refractivity contribution in [2.24, 2.45) is 0 Å². The summed E-state index contributed by atoms with van der Waals surface area (Å²) in [6.07, 6.45) is 0.323. The molecule has 1 fully saturated rings. The van der Waals surface area contributed by atoms with E-state index in [0.29, 0.717) is 25.3 Å². The van der Waals surface area contributed by atoms with Crippen LogP contribution in [0.25, 0.3) is 0 Å². The van der Waals surface area contributed by atoms with Crippen molar-refractivity contribution >= 4 is 11.7 Å². The monoisotopic (exact) mass is 233 g/mol. The first-order valence-corrected chi connectivity index (χ1v) is 5.45. The van der Waals surface area contributed by atoms with E-state index in [-0.39, 0.29) is 18.5 Å². The largest absolute Gasteiger partial charge is 0.454 e. The van der Waals surface area contributed by atoms with Crippen LogP contribution in [0.4, 0.5) is 0 Å². The van der Waals surface area contributed by atoms with Gasteiger partial charge in [-0.25, -0.2) is 0 Å². The van der Waals surface area contributed by atoms with Gasteiger partial charge in [-0.15, -0.1) is 0 Å². The lowest BCUT2D eigenvalue weighted by Crippen LogP contribution is -2.26. The van der Waals surface area contributed by atoms with Crippen molar-refractivity contribution < 1.29 is 19.1 Å². The normalized spacial score (nSPS) is 18.0. The summed E-state index contributed by atoms with van der Waals surface area (Å²) >= 11 is 0. The van der Waals surface area contributed by atoms with Crippen LogP contribution >= 0.6 is 0 Å². The summed E-state index contributed by atoms with van der Waals surface area (Å²) in [5, 5.41) is 0. The number of likely N-dealkylation sites (tertiary alicyclic amines) is 1. The molecular weight excluding hydrogens is 222 g/mol. The molecule has 0 aromatic heterocycles. The highest BCUT2D eigenvalue weighted by atomic mass is 16.7. The molecule has 1 aromatic carbocycles. The van der Waals surface area contributed by atoms with Gasteiger partial charge in [-0.1, -0.05) is 6.07 Å². The van der Waals surface area contributed by atoms with Gasteiger partial charge in [0.1, 0.15) is 0 Å². The summed E-state index contributed by atoms with van der Waals surface area (Å²) in [5.74, 6) is 0.728. The van der Waals surface area contributed by atoms with Crippen LogP contribution in [0, 0.1) is 0 Å². The smallest absolute Gasteiger partial charge is 0.290 e. The number of rotatable bonds is 2. The van der Waals surface area contributed by atoms with E-state index in [4.69, 9.17) is 9.47 Å². The number of fused-ring (bicyclic) bond motifs is 1. The second-order valence-corrected chi connectivity index (χ2v) is 4.09.